The highest BCUT2D eigenvalue weighted by molar-refractivity contribution is 6.20. The van der Waals surface area contributed by atoms with Crippen LogP contribution in [0.3, 0.4) is 0 Å². The Bertz CT molecular complexity index is 1570. The largest absolute Gasteiger partial charge is 0.458 e. The molecule has 0 saturated carbocycles. The number of fused-ring (bicyclic) bond motifs is 1. The van der Waals surface area contributed by atoms with E-state index in [2.05, 4.69) is 21.8 Å². The van der Waals surface area contributed by atoms with Crippen LogP contribution in [0.2, 0.25) is 0 Å². The number of urea groups is 1. The van der Waals surface area contributed by atoms with Gasteiger partial charge in [-0.15, -0.1) is 0 Å². The van der Waals surface area contributed by atoms with E-state index < -0.39 is 52.7 Å². The van der Waals surface area contributed by atoms with E-state index in [9.17, 15) is 14.4 Å². The molecule has 2 aromatic carbocycles. The third-order valence-corrected chi connectivity index (χ3v) is 6.71. The smallest absolute Gasteiger partial charge is 0.332 e. The second-order valence-electron chi connectivity index (χ2n) is 10.9. The van der Waals surface area contributed by atoms with E-state index in [1.807, 2.05) is 26.8 Å². The lowest BCUT2D eigenvalue weighted by Crippen LogP contribution is -2.73. The molecule has 2 aliphatic heterocycles. The molecule has 0 N–H and O–H groups in total. The molecule has 0 spiro atoms. The van der Waals surface area contributed by atoms with Crippen LogP contribution in [0.25, 0.3) is 0 Å². The number of hydrogen-bond acceptors (Lipinski definition) is 6. The van der Waals surface area contributed by atoms with Gasteiger partial charge >= 0.3 is 12.0 Å². The number of halogens is 2. The van der Waals surface area contributed by atoms with Crippen molar-refractivity contribution in [1.29, 1.82) is 0 Å². The van der Waals surface area contributed by atoms with Crippen molar-refractivity contribution >= 4 is 29.2 Å². The summed E-state index contributed by atoms with van der Waals surface area (Å²) in [6, 6.07) is 9.99. The lowest BCUT2D eigenvalue weighted by molar-refractivity contribution is -0.137. The molecule has 1 aromatic heterocycles. The van der Waals surface area contributed by atoms with Crippen LogP contribution in [0.15, 0.2) is 54.9 Å². The van der Waals surface area contributed by atoms with Gasteiger partial charge in [0.1, 0.15) is 16.8 Å². The zero-order chi connectivity index (χ0) is 29.5. The normalized spacial score (nSPS) is 19.1. The molecule has 0 bridgehead atoms. The van der Waals surface area contributed by atoms with Gasteiger partial charge in [0.15, 0.2) is 11.6 Å². The second-order valence-corrected chi connectivity index (χ2v) is 10.9. The SMILES string of the molecule is CC(C)(C)Oc1ncc(N2CCN3C(=O)N(c4c(F)cc(C#Cc5ccccc5)cc4F)C(=O)C[C@@]3(C)C2=O)cn1. The molecule has 1 atom stereocenters. The first-order valence-corrected chi connectivity index (χ1v) is 12.9. The third kappa shape index (κ3) is 5.33. The molecule has 2 aliphatic rings. The topological polar surface area (TPSA) is 95.9 Å². The van der Waals surface area contributed by atoms with Crippen LogP contribution in [0.4, 0.5) is 25.0 Å². The Morgan fingerprint density at radius 2 is 1.54 bits per heavy atom. The number of ether oxygens (including phenoxy) is 1. The molecule has 11 heteroatoms. The van der Waals surface area contributed by atoms with Crippen molar-refractivity contribution in [3.8, 4) is 17.9 Å². The van der Waals surface area contributed by atoms with Crippen LogP contribution in [0.1, 0.15) is 45.2 Å². The summed E-state index contributed by atoms with van der Waals surface area (Å²) in [5, 5.41) is 0. The molecule has 3 aromatic rings. The van der Waals surface area contributed by atoms with E-state index in [4.69, 9.17) is 4.74 Å². The first-order chi connectivity index (χ1) is 19.4. The number of hydrogen-bond donors (Lipinski definition) is 0. The van der Waals surface area contributed by atoms with E-state index in [0.29, 0.717) is 16.2 Å². The Morgan fingerprint density at radius 1 is 0.927 bits per heavy atom. The van der Waals surface area contributed by atoms with Gasteiger partial charge in [-0.25, -0.2) is 28.4 Å². The minimum Gasteiger partial charge on any atom is -0.458 e. The summed E-state index contributed by atoms with van der Waals surface area (Å²) in [5.41, 5.74) is -1.83. The second kappa shape index (κ2) is 10.3. The summed E-state index contributed by atoms with van der Waals surface area (Å²) >= 11 is 0. The summed E-state index contributed by atoms with van der Waals surface area (Å²) in [6.07, 6.45) is 2.38. The zero-order valence-corrected chi connectivity index (χ0v) is 22.9. The van der Waals surface area contributed by atoms with Crippen molar-refractivity contribution in [3.63, 3.8) is 0 Å². The first kappa shape index (κ1) is 27.7. The minimum atomic E-state index is -1.57. The fraction of sp³-hybridized carbons (Fsp3) is 0.300. The van der Waals surface area contributed by atoms with E-state index in [0.717, 1.165) is 12.1 Å². The average molecular weight is 560 g/mol. The molecule has 2 saturated heterocycles. The molecule has 5 rings (SSSR count). The lowest BCUT2D eigenvalue weighted by Gasteiger charge is -2.51. The van der Waals surface area contributed by atoms with Gasteiger partial charge in [-0.2, -0.15) is 0 Å². The van der Waals surface area contributed by atoms with Gasteiger partial charge in [0.2, 0.25) is 5.91 Å². The molecule has 0 unspecified atom stereocenters. The highest BCUT2D eigenvalue weighted by Gasteiger charge is 2.56. The molecular formula is C30H27F2N5O4. The Labute approximate surface area is 235 Å². The van der Waals surface area contributed by atoms with Crippen LogP contribution >= 0.6 is 0 Å². The summed E-state index contributed by atoms with van der Waals surface area (Å²) in [5.74, 6) is 1.82. The van der Waals surface area contributed by atoms with Gasteiger partial charge in [-0.05, 0) is 52.0 Å². The summed E-state index contributed by atoms with van der Waals surface area (Å²) in [4.78, 5) is 51.7. The predicted octanol–water partition coefficient (Wildman–Crippen LogP) is 4.30. The van der Waals surface area contributed by atoms with Crippen LogP contribution in [-0.4, -0.2) is 56.9 Å². The van der Waals surface area contributed by atoms with Gasteiger partial charge in [0.25, 0.3) is 5.91 Å². The first-order valence-electron chi connectivity index (χ1n) is 12.9. The molecule has 0 aliphatic carbocycles. The molecule has 0 radical (unpaired) electrons. The zero-order valence-electron chi connectivity index (χ0n) is 22.9. The molecule has 2 fully saturated rings. The van der Waals surface area contributed by atoms with Crippen LogP contribution in [-0.2, 0) is 9.59 Å². The van der Waals surface area contributed by atoms with Crippen molar-refractivity contribution < 1.29 is 27.9 Å². The Balaban J connectivity index is 1.39. The van der Waals surface area contributed by atoms with E-state index in [-0.39, 0.29) is 24.7 Å². The van der Waals surface area contributed by atoms with Crippen molar-refractivity contribution in [2.45, 2.75) is 45.3 Å². The van der Waals surface area contributed by atoms with Crippen LogP contribution in [0.5, 0.6) is 6.01 Å². The van der Waals surface area contributed by atoms with Gasteiger partial charge < -0.3 is 14.5 Å². The highest BCUT2D eigenvalue weighted by atomic mass is 19.1. The number of aromatic nitrogens is 2. The Kier molecular flexibility index (Phi) is 6.95. The number of anilines is 2. The van der Waals surface area contributed by atoms with Gasteiger partial charge in [-0.1, -0.05) is 30.0 Å². The average Bonchev–Trinajstić information content (AvgIpc) is 2.90. The monoisotopic (exact) mass is 559 g/mol. The molecular weight excluding hydrogens is 532 g/mol. The van der Waals surface area contributed by atoms with Gasteiger partial charge in [-0.3, -0.25) is 9.59 Å². The lowest BCUT2D eigenvalue weighted by atomic mass is 9.88. The standard InChI is InChI=1S/C30H27F2N5O4/c1-29(2,3)41-27-33-17-21(18-34-27)35-12-13-36-28(40)37(24(38)16-30(36,4)26(35)39)25-22(31)14-20(15-23(25)32)11-10-19-8-6-5-7-9-19/h5-9,14-15,17-18H,12-13,16H2,1-4H3/t30-/m0/s1. The Morgan fingerprint density at radius 3 is 2.15 bits per heavy atom. The van der Waals surface area contributed by atoms with E-state index >= 15 is 8.78 Å². The summed E-state index contributed by atoms with van der Waals surface area (Å²) in [7, 11) is 0. The quantitative estimate of drug-likeness (QED) is 0.444. The number of nitrogens with zero attached hydrogens (tertiary/aromatic N) is 5. The fourth-order valence-electron chi connectivity index (χ4n) is 4.79. The fourth-order valence-corrected chi connectivity index (χ4v) is 4.79. The number of carbonyl (C=O) groups is 3. The van der Waals surface area contributed by atoms with Crippen molar-refractivity contribution in [3.05, 3.63) is 77.6 Å². The number of carbonyl (C=O) groups excluding carboxylic acids is 3. The molecule has 3 heterocycles. The minimum absolute atomic E-state index is 0.00890. The van der Waals surface area contributed by atoms with Gasteiger partial charge in [0.05, 0.1) is 24.5 Å². The number of amides is 4. The molecule has 4 amide bonds. The highest BCUT2D eigenvalue weighted by Crippen LogP contribution is 2.38. The number of rotatable bonds is 3. The third-order valence-electron chi connectivity index (χ3n) is 6.71. The number of imide groups is 1. The van der Waals surface area contributed by atoms with E-state index in [1.165, 1.54) is 29.1 Å². The maximum atomic E-state index is 15.2. The Hall–Kier alpha value is -4.85. The maximum Gasteiger partial charge on any atom is 0.332 e. The molecule has 210 valence electrons. The van der Waals surface area contributed by atoms with E-state index in [1.54, 1.807) is 24.3 Å². The maximum absolute atomic E-state index is 15.2. The summed E-state index contributed by atoms with van der Waals surface area (Å²) in [6.45, 7) is 7.07. The molecule has 9 nitrogen and oxygen atoms in total. The van der Waals surface area contributed by atoms with Crippen molar-refractivity contribution in [2.75, 3.05) is 22.9 Å². The van der Waals surface area contributed by atoms with Crippen molar-refractivity contribution in [1.82, 2.24) is 14.9 Å². The van der Waals surface area contributed by atoms with Gasteiger partial charge in [0, 0.05) is 24.2 Å². The van der Waals surface area contributed by atoms with Crippen LogP contribution < -0.4 is 14.5 Å². The van der Waals surface area contributed by atoms with Crippen LogP contribution in [0, 0.1) is 23.5 Å². The number of piperazine rings is 1. The predicted molar refractivity (Wildman–Crippen MR) is 146 cm³/mol. The number of benzene rings is 2. The molecule has 41 heavy (non-hydrogen) atoms. The summed E-state index contributed by atoms with van der Waals surface area (Å²) < 4.78 is 36.0. The van der Waals surface area contributed by atoms with Crippen molar-refractivity contribution in [2.24, 2.45) is 0 Å².